The zero-order chi connectivity index (χ0) is 15.4. The lowest BCUT2D eigenvalue weighted by atomic mass is 10.2. The monoisotopic (exact) mass is 314 g/mol. The van der Waals surface area contributed by atoms with E-state index in [4.69, 9.17) is 11.6 Å². The minimum atomic E-state index is -0.0248. The average molecular weight is 315 g/mol. The minimum absolute atomic E-state index is 0.0248. The SMILES string of the molecule is O=C(NC1CCN(Cc2ccccc2)C1)c1ccc(Cl)cc1. The number of carbonyl (C=O) groups excluding carboxylic acids is 1. The van der Waals surface area contributed by atoms with Crippen LogP contribution < -0.4 is 5.32 Å². The van der Waals surface area contributed by atoms with Crippen LogP contribution >= 0.6 is 11.6 Å². The van der Waals surface area contributed by atoms with Gasteiger partial charge in [-0.3, -0.25) is 9.69 Å². The first-order valence-electron chi connectivity index (χ1n) is 7.53. The highest BCUT2D eigenvalue weighted by Gasteiger charge is 2.24. The smallest absolute Gasteiger partial charge is 0.251 e. The summed E-state index contributed by atoms with van der Waals surface area (Å²) < 4.78 is 0. The summed E-state index contributed by atoms with van der Waals surface area (Å²) in [7, 11) is 0. The summed E-state index contributed by atoms with van der Waals surface area (Å²) in [5, 5.41) is 3.75. The van der Waals surface area contributed by atoms with Crippen LogP contribution in [0.3, 0.4) is 0 Å². The van der Waals surface area contributed by atoms with Crippen LogP contribution in [-0.2, 0) is 6.54 Å². The van der Waals surface area contributed by atoms with E-state index in [1.54, 1.807) is 24.3 Å². The molecule has 1 fully saturated rings. The number of hydrogen-bond donors (Lipinski definition) is 1. The summed E-state index contributed by atoms with van der Waals surface area (Å²) in [6, 6.07) is 17.6. The van der Waals surface area contributed by atoms with Gasteiger partial charge in [0.2, 0.25) is 0 Å². The summed E-state index contributed by atoms with van der Waals surface area (Å²) >= 11 is 5.84. The van der Waals surface area contributed by atoms with Crippen molar-refractivity contribution in [2.24, 2.45) is 0 Å². The lowest BCUT2D eigenvalue weighted by Crippen LogP contribution is -2.36. The number of carbonyl (C=O) groups is 1. The molecule has 1 aliphatic heterocycles. The van der Waals surface area contributed by atoms with Crippen LogP contribution in [0.2, 0.25) is 5.02 Å². The van der Waals surface area contributed by atoms with Crippen molar-refractivity contribution < 1.29 is 4.79 Å². The van der Waals surface area contributed by atoms with E-state index in [-0.39, 0.29) is 11.9 Å². The maximum absolute atomic E-state index is 12.2. The van der Waals surface area contributed by atoms with E-state index in [1.165, 1.54) is 5.56 Å². The highest BCUT2D eigenvalue weighted by atomic mass is 35.5. The van der Waals surface area contributed by atoms with Crippen LogP contribution in [-0.4, -0.2) is 29.9 Å². The molecule has 1 amide bonds. The number of benzene rings is 2. The van der Waals surface area contributed by atoms with Gasteiger partial charge in [0.1, 0.15) is 0 Å². The number of amides is 1. The fourth-order valence-corrected chi connectivity index (χ4v) is 2.93. The molecule has 0 saturated carbocycles. The zero-order valence-corrected chi connectivity index (χ0v) is 13.1. The molecule has 22 heavy (non-hydrogen) atoms. The van der Waals surface area contributed by atoms with Gasteiger partial charge < -0.3 is 5.32 Å². The largest absolute Gasteiger partial charge is 0.348 e. The molecule has 0 aromatic heterocycles. The zero-order valence-electron chi connectivity index (χ0n) is 12.3. The maximum Gasteiger partial charge on any atom is 0.251 e. The summed E-state index contributed by atoms with van der Waals surface area (Å²) in [5.74, 6) is -0.0248. The van der Waals surface area contributed by atoms with Crippen molar-refractivity contribution in [2.75, 3.05) is 13.1 Å². The van der Waals surface area contributed by atoms with E-state index < -0.39 is 0 Å². The maximum atomic E-state index is 12.2. The Kier molecular flexibility index (Phi) is 4.76. The van der Waals surface area contributed by atoms with Gasteiger partial charge in [0.15, 0.2) is 0 Å². The van der Waals surface area contributed by atoms with Crippen molar-refractivity contribution in [3.8, 4) is 0 Å². The Balaban J connectivity index is 1.52. The Morgan fingerprint density at radius 1 is 1.14 bits per heavy atom. The van der Waals surface area contributed by atoms with Crippen LogP contribution in [0.4, 0.5) is 0 Å². The number of nitrogens with one attached hydrogen (secondary N) is 1. The third-order valence-electron chi connectivity index (χ3n) is 3.96. The molecule has 0 radical (unpaired) electrons. The molecule has 1 N–H and O–H groups in total. The second-order valence-electron chi connectivity index (χ2n) is 5.69. The Morgan fingerprint density at radius 3 is 2.59 bits per heavy atom. The fourth-order valence-electron chi connectivity index (χ4n) is 2.81. The standard InChI is InChI=1S/C18H19ClN2O/c19-16-8-6-15(7-9-16)18(22)20-17-10-11-21(13-17)12-14-4-2-1-3-5-14/h1-9,17H,10-13H2,(H,20,22). The van der Waals surface area contributed by atoms with Crippen molar-refractivity contribution in [1.29, 1.82) is 0 Å². The second-order valence-corrected chi connectivity index (χ2v) is 6.12. The molecule has 0 aliphatic carbocycles. The van der Waals surface area contributed by atoms with Crippen LogP contribution in [0, 0.1) is 0 Å². The summed E-state index contributed by atoms with van der Waals surface area (Å²) in [4.78, 5) is 14.6. The topological polar surface area (TPSA) is 32.3 Å². The number of likely N-dealkylation sites (tertiary alicyclic amines) is 1. The molecular weight excluding hydrogens is 296 g/mol. The molecule has 1 aliphatic rings. The Labute approximate surface area is 135 Å². The molecule has 2 aromatic rings. The normalized spacial score (nSPS) is 18.3. The Bertz CT molecular complexity index is 627. The van der Waals surface area contributed by atoms with Gasteiger partial charge in [0, 0.05) is 36.3 Å². The number of halogens is 1. The van der Waals surface area contributed by atoms with Crippen molar-refractivity contribution in [1.82, 2.24) is 10.2 Å². The van der Waals surface area contributed by atoms with Gasteiger partial charge in [-0.15, -0.1) is 0 Å². The Hall–Kier alpha value is -1.84. The lowest BCUT2D eigenvalue weighted by molar-refractivity contribution is 0.0937. The Morgan fingerprint density at radius 2 is 1.86 bits per heavy atom. The second kappa shape index (κ2) is 6.95. The number of nitrogens with zero attached hydrogens (tertiary/aromatic N) is 1. The fraction of sp³-hybridized carbons (Fsp3) is 0.278. The number of hydrogen-bond acceptors (Lipinski definition) is 2. The molecule has 4 heteroatoms. The first kappa shape index (κ1) is 15.1. The van der Waals surface area contributed by atoms with Gasteiger partial charge in [0.05, 0.1) is 0 Å². The predicted octanol–water partition coefficient (Wildman–Crippen LogP) is 3.34. The molecule has 0 bridgehead atoms. The third-order valence-corrected chi connectivity index (χ3v) is 4.21. The number of rotatable bonds is 4. The van der Waals surface area contributed by atoms with E-state index in [2.05, 4.69) is 34.5 Å². The molecule has 0 spiro atoms. The molecule has 1 heterocycles. The van der Waals surface area contributed by atoms with E-state index in [0.717, 1.165) is 26.1 Å². The highest BCUT2D eigenvalue weighted by Crippen LogP contribution is 2.15. The van der Waals surface area contributed by atoms with Crippen molar-refractivity contribution in [3.05, 3.63) is 70.7 Å². The van der Waals surface area contributed by atoms with Crippen LogP contribution in [0.15, 0.2) is 54.6 Å². The van der Waals surface area contributed by atoms with E-state index in [0.29, 0.717) is 10.6 Å². The summed E-state index contributed by atoms with van der Waals surface area (Å²) in [6.07, 6.45) is 0.992. The first-order valence-corrected chi connectivity index (χ1v) is 7.91. The van der Waals surface area contributed by atoms with Gasteiger partial charge in [-0.1, -0.05) is 41.9 Å². The van der Waals surface area contributed by atoms with Crippen molar-refractivity contribution >= 4 is 17.5 Å². The quantitative estimate of drug-likeness (QED) is 0.938. The molecule has 3 nitrogen and oxygen atoms in total. The lowest BCUT2D eigenvalue weighted by Gasteiger charge is -2.17. The van der Waals surface area contributed by atoms with Gasteiger partial charge in [-0.2, -0.15) is 0 Å². The van der Waals surface area contributed by atoms with E-state index >= 15 is 0 Å². The average Bonchev–Trinajstić information content (AvgIpc) is 2.96. The summed E-state index contributed by atoms with van der Waals surface area (Å²) in [6.45, 7) is 2.85. The molecule has 2 aromatic carbocycles. The third kappa shape index (κ3) is 3.87. The molecule has 1 saturated heterocycles. The van der Waals surface area contributed by atoms with Gasteiger partial charge in [0.25, 0.3) is 5.91 Å². The predicted molar refractivity (Wildman–Crippen MR) is 89.0 cm³/mol. The highest BCUT2D eigenvalue weighted by molar-refractivity contribution is 6.30. The van der Waals surface area contributed by atoms with E-state index in [9.17, 15) is 4.79 Å². The van der Waals surface area contributed by atoms with E-state index in [1.807, 2.05) is 6.07 Å². The van der Waals surface area contributed by atoms with Crippen LogP contribution in [0.25, 0.3) is 0 Å². The first-order chi connectivity index (χ1) is 10.7. The van der Waals surface area contributed by atoms with Gasteiger partial charge >= 0.3 is 0 Å². The van der Waals surface area contributed by atoms with Crippen molar-refractivity contribution in [3.63, 3.8) is 0 Å². The molecule has 3 rings (SSSR count). The van der Waals surface area contributed by atoms with Gasteiger partial charge in [-0.05, 0) is 36.2 Å². The molecule has 114 valence electrons. The molecule has 1 unspecified atom stereocenters. The molecular formula is C18H19ClN2O. The van der Waals surface area contributed by atoms with Crippen molar-refractivity contribution in [2.45, 2.75) is 19.0 Å². The van der Waals surface area contributed by atoms with Crippen LogP contribution in [0.1, 0.15) is 22.3 Å². The molecule has 1 atom stereocenters. The summed E-state index contributed by atoms with van der Waals surface area (Å²) in [5.41, 5.74) is 1.97. The van der Waals surface area contributed by atoms with Gasteiger partial charge in [-0.25, -0.2) is 0 Å². The van der Waals surface area contributed by atoms with Crippen LogP contribution in [0.5, 0.6) is 0 Å². The minimum Gasteiger partial charge on any atom is -0.348 e.